The number of piperazine rings is 1. The van der Waals surface area contributed by atoms with Gasteiger partial charge in [-0.05, 0) is 44.1 Å². The summed E-state index contributed by atoms with van der Waals surface area (Å²) in [6.45, 7) is 1.87. The van der Waals surface area contributed by atoms with E-state index in [0.29, 0.717) is 0 Å². The quantitative estimate of drug-likeness (QED) is 0.794. The number of nitrogens with zero attached hydrogens (tertiary/aromatic N) is 1. The van der Waals surface area contributed by atoms with Gasteiger partial charge >= 0.3 is 0 Å². The molecule has 2 saturated heterocycles. The topological polar surface area (TPSA) is 49.4 Å². The zero-order valence-electron chi connectivity index (χ0n) is 11.5. The molecule has 2 aliphatic heterocycles. The average molecular weight is 282 g/mol. The smallest absolute Gasteiger partial charge is 0.249 e. The summed E-state index contributed by atoms with van der Waals surface area (Å²) >= 11 is 1.95. The van der Waals surface area contributed by atoms with Crippen LogP contribution in [0.3, 0.4) is 0 Å². The van der Waals surface area contributed by atoms with E-state index in [4.69, 9.17) is 0 Å². The van der Waals surface area contributed by atoms with Crippen molar-refractivity contribution in [1.82, 2.24) is 10.2 Å². The van der Waals surface area contributed by atoms with Crippen LogP contribution in [0.25, 0.3) is 0 Å². The Kier molecular flexibility index (Phi) is 3.50. The molecule has 19 heavy (non-hydrogen) atoms. The van der Waals surface area contributed by atoms with Crippen molar-refractivity contribution in [3.8, 4) is 0 Å². The molecular formula is C14H22N2O2S. The fourth-order valence-electron chi connectivity index (χ4n) is 3.71. The van der Waals surface area contributed by atoms with Crippen LogP contribution in [0.15, 0.2) is 0 Å². The molecule has 1 unspecified atom stereocenters. The zero-order valence-corrected chi connectivity index (χ0v) is 12.3. The third-order valence-electron chi connectivity index (χ3n) is 4.84. The molecule has 1 N–H and O–H groups in total. The van der Waals surface area contributed by atoms with Crippen LogP contribution >= 0.6 is 11.8 Å². The van der Waals surface area contributed by atoms with E-state index >= 15 is 0 Å². The van der Waals surface area contributed by atoms with Gasteiger partial charge in [0.05, 0.1) is 0 Å². The summed E-state index contributed by atoms with van der Waals surface area (Å²) in [7, 11) is 0. The van der Waals surface area contributed by atoms with Crippen LogP contribution in [0, 0.1) is 0 Å². The molecule has 0 aromatic heterocycles. The number of carbonyl (C=O) groups excluding carboxylic acids is 2. The summed E-state index contributed by atoms with van der Waals surface area (Å²) in [6.07, 6.45) is 5.81. The molecule has 5 heteroatoms. The first-order chi connectivity index (χ1) is 9.14. The van der Waals surface area contributed by atoms with E-state index in [-0.39, 0.29) is 23.9 Å². The van der Waals surface area contributed by atoms with Crippen LogP contribution in [0.1, 0.15) is 45.4 Å². The minimum atomic E-state index is -0.561. The van der Waals surface area contributed by atoms with Crippen molar-refractivity contribution in [2.45, 2.75) is 63.1 Å². The molecule has 1 atom stereocenters. The van der Waals surface area contributed by atoms with Crippen LogP contribution in [0.4, 0.5) is 0 Å². The molecule has 3 fully saturated rings. The lowest BCUT2D eigenvalue weighted by molar-refractivity contribution is -0.157. The second-order valence-electron chi connectivity index (χ2n) is 6.01. The second kappa shape index (κ2) is 5.00. The van der Waals surface area contributed by atoms with Crippen molar-refractivity contribution in [3.63, 3.8) is 0 Å². The number of hydrogen-bond acceptors (Lipinski definition) is 3. The number of carbonyl (C=O) groups is 2. The van der Waals surface area contributed by atoms with Crippen molar-refractivity contribution >= 4 is 23.6 Å². The summed E-state index contributed by atoms with van der Waals surface area (Å²) in [6, 6.07) is -0.0286. The Balaban J connectivity index is 1.87. The molecule has 2 amide bonds. The Bertz CT molecular complexity index is 387. The van der Waals surface area contributed by atoms with E-state index < -0.39 is 5.54 Å². The third-order valence-corrected chi connectivity index (χ3v) is 5.89. The Labute approximate surface area is 118 Å². The molecule has 1 aliphatic carbocycles. The Hall–Kier alpha value is -0.710. The van der Waals surface area contributed by atoms with Gasteiger partial charge in [0.2, 0.25) is 11.8 Å². The summed E-state index contributed by atoms with van der Waals surface area (Å²) in [5.41, 5.74) is -0.561. The van der Waals surface area contributed by atoms with Gasteiger partial charge in [0.15, 0.2) is 0 Å². The van der Waals surface area contributed by atoms with Gasteiger partial charge in [-0.15, -0.1) is 0 Å². The molecule has 106 valence electrons. The molecule has 4 nitrogen and oxygen atoms in total. The molecule has 3 aliphatic rings. The lowest BCUT2D eigenvalue weighted by Gasteiger charge is -2.47. The number of nitrogens with one attached hydrogen (secondary N) is 1. The Morgan fingerprint density at radius 1 is 1.21 bits per heavy atom. The molecular weight excluding hydrogens is 260 g/mol. The highest BCUT2D eigenvalue weighted by Gasteiger charge is 2.52. The highest BCUT2D eigenvalue weighted by Crippen LogP contribution is 2.37. The minimum absolute atomic E-state index is 0.0414. The van der Waals surface area contributed by atoms with E-state index in [1.165, 1.54) is 0 Å². The van der Waals surface area contributed by atoms with E-state index in [1.807, 2.05) is 23.6 Å². The fourth-order valence-corrected chi connectivity index (χ4v) is 4.79. The van der Waals surface area contributed by atoms with Crippen molar-refractivity contribution in [2.24, 2.45) is 0 Å². The summed E-state index contributed by atoms with van der Waals surface area (Å²) < 4.78 is 0. The highest BCUT2D eigenvalue weighted by molar-refractivity contribution is 7.99. The lowest BCUT2D eigenvalue weighted by Crippen LogP contribution is -2.70. The standard InChI is InChI=1S/C14H22N2O2S/c1-10-12(17)15-14(6-2-3-7-14)13(18)16(10)11-4-8-19-9-5-11/h10-11H,2-9H2,1H3,(H,15,17). The molecule has 1 spiro atoms. The first kappa shape index (κ1) is 13.3. The van der Waals surface area contributed by atoms with Gasteiger partial charge in [-0.2, -0.15) is 11.8 Å². The molecule has 0 aromatic rings. The Morgan fingerprint density at radius 3 is 2.47 bits per heavy atom. The molecule has 2 heterocycles. The van der Waals surface area contributed by atoms with Gasteiger partial charge in [0.25, 0.3) is 0 Å². The maximum atomic E-state index is 12.9. The third kappa shape index (κ3) is 2.16. The molecule has 0 bridgehead atoms. The van der Waals surface area contributed by atoms with Gasteiger partial charge < -0.3 is 10.2 Å². The number of thioether (sulfide) groups is 1. The molecule has 0 radical (unpaired) electrons. The van der Waals surface area contributed by atoms with Crippen LogP contribution in [0.5, 0.6) is 0 Å². The number of amides is 2. The van der Waals surface area contributed by atoms with Crippen LogP contribution in [-0.4, -0.2) is 45.8 Å². The molecule has 0 aromatic carbocycles. The predicted octanol–water partition coefficient (Wildman–Crippen LogP) is 1.54. The van der Waals surface area contributed by atoms with Crippen LogP contribution in [-0.2, 0) is 9.59 Å². The fraction of sp³-hybridized carbons (Fsp3) is 0.857. The van der Waals surface area contributed by atoms with Crippen LogP contribution in [0.2, 0.25) is 0 Å². The molecule has 1 saturated carbocycles. The predicted molar refractivity (Wildman–Crippen MR) is 76.0 cm³/mol. The SMILES string of the molecule is CC1C(=O)NC2(CCCC2)C(=O)N1C1CCSCC1. The average Bonchev–Trinajstić information content (AvgIpc) is 2.88. The Morgan fingerprint density at radius 2 is 1.84 bits per heavy atom. The van der Waals surface area contributed by atoms with Gasteiger partial charge in [-0.3, -0.25) is 9.59 Å². The number of rotatable bonds is 1. The maximum absolute atomic E-state index is 12.9. The highest BCUT2D eigenvalue weighted by atomic mass is 32.2. The van der Waals surface area contributed by atoms with Gasteiger partial charge in [0.1, 0.15) is 11.6 Å². The van der Waals surface area contributed by atoms with E-state index in [0.717, 1.165) is 50.0 Å². The minimum Gasteiger partial charge on any atom is -0.340 e. The number of hydrogen-bond donors (Lipinski definition) is 1. The van der Waals surface area contributed by atoms with Gasteiger partial charge in [-0.25, -0.2) is 0 Å². The lowest BCUT2D eigenvalue weighted by atomic mass is 9.89. The maximum Gasteiger partial charge on any atom is 0.249 e. The van der Waals surface area contributed by atoms with Gasteiger partial charge in [0, 0.05) is 6.04 Å². The zero-order chi connectivity index (χ0) is 13.5. The first-order valence-corrected chi connectivity index (χ1v) is 8.52. The second-order valence-corrected chi connectivity index (χ2v) is 7.24. The molecule has 3 rings (SSSR count). The van der Waals surface area contributed by atoms with E-state index in [9.17, 15) is 9.59 Å². The van der Waals surface area contributed by atoms with Crippen molar-refractivity contribution in [3.05, 3.63) is 0 Å². The normalized spacial score (nSPS) is 31.8. The van der Waals surface area contributed by atoms with Crippen molar-refractivity contribution in [2.75, 3.05) is 11.5 Å². The monoisotopic (exact) mass is 282 g/mol. The summed E-state index contributed by atoms with van der Waals surface area (Å²) in [4.78, 5) is 27.1. The van der Waals surface area contributed by atoms with E-state index in [2.05, 4.69) is 5.32 Å². The largest absolute Gasteiger partial charge is 0.340 e. The summed E-state index contributed by atoms with van der Waals surface area (Å²) in [5, 5.41) is 3.02. The first-order valence-electron chi connectivity index (χ1n) is 7.37. The van der Waals surface area contributed by atoms with Gasteiger partial charge in [-0.1, -0.05) is 12.8 Å². The van der Waals surface area contributed by atoms with Crippen molar-refractivity contribution < 1.29 is 9.59 Å². The summed E-state index contributed by atoms with van der Waals surface area (Å²) in [5.74, 6) is 2.44. The van der Waals surface area contributed by atoms with E-state index in [1.54, 1.807) is 0 Å². The van der Waals surface area contributed by atoms with Crippen molar-refractivity contribution in [1.29, 1.82) is 0 Å². The van der Waals surface area contributed by atoms with Crippen LogP contribution < -0.4 is 5.32 Å².